The summed E-state index contributed by atoms with van der Waals surface area (Å²) in [4.78, 5) is 12.6. The number of nitrogens with zero attached hydrogens (tertiary/aromatic N) is 1. The van der Waals surface area contributed by atoms with Crippen molar-refractivity contribution in [3.8, 4) is 6.07 Å². The molecule has 1 aliphatic carbocycles. The lowest BCUT2D eigenvalue weighted by atomic mass is 9.76. The molecule has 164 valence electrons. The van der Waals surface area contributed by atoms with Gasteiger partial charge in [0.25, 0.3) is 0 Å². The number of fused-ring (bicyclic) bond motifs is 3. The molecular formula is C25H41NO3. The van der Waals surface area contributed by atoms with Gasteiger partial charge in [0.1, 0.15) is 0 Å². The second-order valence-corrected chi connectivity index (χ2v) is 8.78. The third-order valence-electron chi connectivity index (χ3n) is 6.48. The quantitative estimate of drug-likeness (QED) is 0.282. The van der Waals surface area contributed by atoms with Crippen LogP contribution in [0.15, 0.2) is 0 Å². The van der Waals surface area contributed by atoms with Crippen LogP contribution in [0.5, 0.6) is 0 Å². The molecule has 1 saturated carbocycles. The average molecular weight is 404 g/mol. The Kier molecular flexibility index (Phi) is 11.9. The number of ketones is 1. The first-order chi connectivity index (χ1) is 14.2. The Labute approximate surface area is 178 Å². The number of hydrogen-bond acceptors (Lipinski definition) is 4. The summed E-state index contributed by atoms with van der Waals surface area (Å²) >= 11 is 0. The number of rotatable bonds is 16. The minimum atomic E-state index is 0.0699. The molecule has 4 nitrogen and oxygen atoms in total. The third-order valence-corrected chi connectivity index (χ3v) is 6.48. The minimum Gasteiger partial charge on any atom is -0.376 e. The monoisotopic (exact) mass is 403 g/mol. The summed E-state index contributed by atoms with van der Waals surface area (Å²) in [7, 11) is 0. The van der Waals surface area contributed by atoms with E-state index in [1.165, 1.54) is 32.1 Å². The van der Waals surface area contributed by atoms with Crippen molar-refractivity contribution in [2.45, 2.75) is 115 Å². The predicted octanol–water partition coefficient (Wildman–Crippen LogP) is 6.35. The zero-order valence-electron chi connectivity index (χ0n) is 18.5. The van der Waals surface area contributed by atoms with Crippen molar-refractivity contribution in [3.63, 3.8) is 0 Å². The van der Waals surface area contributed by atoms with Gasteiger partial charge in [-0.25, -0.2) is 0 Å². The standard InChI is InChI=1S/C25H41NO3/c1-3-5-6-7-8-9-10-13-20(19-26)14-11-12-15-22(27)25-21-16-17-23(29-25)24(18-21)28-4-2/h20-21,23-24H,1,3-18H2,2H3. The molecule has 0 amide bonds. The van der Waals surface area contributed by atoms with Crippen LogP contribution in [-0.4, -0.2) is 24.6 Å². The smallest absolute Gasteiger partial charge is 0.168 e. The maximum atomic E-state index is 12.6. The molecule has 29 heavy (non-hydrogen) atoms. The summed E-state index contributed by atoms with van der Waals surface area (Å²) in [5.74, 6) is 0.585. The Hall–Kier alpha value is -0.920. The lowest BCUT2D eigenvalue weighted by Crippen LogP contribution is -2.49. The fourth-order valence-corrected chi connectivity index (χ4v) is 4.76. The molecule has 0 aromatic heterocycles. The molecule has 3 fully saturated rings. The highest BCUT2D eigenvalue weighted by atomic mass is 16.6. The summed E-state index contributed by atoms with van der Waals surface area (Å²) in [5, 5.41) is 9.39. The molecule has 0 N–H and O–H groups in total. The fraction of sp³-hybridized carbons (Fsp3) is 0.840. The summed E-state index contributed by atoms with van der Waals surface area (Å²) < 4.78 is 11.8. The maximum absolute atomic E-state index is 12.6. The summed E-state index contributed by atoms with van der Waals surface area (Å²) in [6.07, 6.45) is 16.8. The summed E-state index contributed by atoms with van der Waals surface area (Å²) in [6.45, 7) is 6.59. The van der Waals surface area contributed by atoms with Crippen molar-refractivity contribution < 1.29 is 14.3 Å². The molecule has 3 rings (SSSR count). The minimum absolute atomic E-state index is 0.0699. The van der Waals surface area contributed by atoms with Gasteiger partial charge in [0.05, 0.1) is 18.3 Å². The van der Waals surface area contributed by atoms with Crippen molar-refractivity contribution in [1.29, 1.82) is 5.26 Å². The number of nitriles is 1. The van der Waals surface area contributed by atoms with Gasteiger partial charge < -0.3 is 9.47 Å². The van der Waals surface area contributed by atoms with Crippen LogP contribution in [-0.2, 0) is 14.3 Å². The topological polar surface area (TPSA) is 59.3 Å². The normalized spacial score (nSPS) is 25.1. The first-order valence-electron chi connectivity index (χ1n) is 12.1. The van der Waals surface area contributed by atoms with Crippen LogP contribution in [0, 0.1) is 36.2 Å². The second-order valence-electron chi connectivity index (χ2n) is 8.78. The number of hydrogen-bond donors (Lipinski definition) is 0. The van der Waals surface area contributed by atoms with Crippen molar-refractivity contribution in [1.82, 2.24) is 0 Å². The molecule has 2 aliphatic heterocycles. The molecule has 0 aromatic carbocycles. The van der Waals surface area contributed by atoms with Crippen molar-refractivity contribution >= 4 is 5.78 Å². The van der Waals surface area contributed by atoms with E-state index in [0.29, 0.717) is 19.1 Å². The maximum Gasteiger partial charge on any atom is 0.168 e. The highest BCUT2D eigenvalue weighted by molar-refractivity contribution is 5.90. The number of ether oxygens (including phenoxy) is 2. The largest absolute Gasteiger partial charge is 0.376 e. The summed E-state index contributed by atoms with van der Waals surface area (Å²) in [6, 6.07) is 2.47. The van der Waals surface area contributed by atoms with E-state index in [4.69, 9.17) is 9.47 Å². The lowest BCUT2D eigenvalue weighted by molar-refractivity contribution is -0.163. The predicted molar refractivity (Wildman–Crippen MR) is 116 cm³/mol. The molecule has 4 unspecified atom stereocenters. The molecule has 4 atom stereocenters. The van der Waals surface area contributed by atoms with Crippen LogP contribution in [0.3, 0.4) is 0 Å². The van der Waals surface area contributed by atoms with Gasteiger partial charge >= 0.3 is 0 Å². The Balaban J connectivity index is 1.55. The lowest BCUT2D eigenvalue weighted by Gasteiger charge is -2.45. The van der Waals surface area contributed by atoms with Gasteiger partial charge in [0.15, 0.2) is 11.9 Å². The zero-order chi connectivity index (χ0) is 20.9. The first kappa shape index (κ1) is 24.4. The zero-order valence-corrected chi connectivity index (χ0v) is 18.5. The van der Waals surface area contributed by atoms with E-state index >= 15 is 0 Å². The van der Waals surface area contributed by atoms with Crippen LogP contribution in [0.1, 0.15) is 103 Å². The molecule has 2 bridgehead atoms. The molecule has 3 aliphatic rings. The molecular weight excluding hydrogens is 362 g/mol. The van der Waals surface area contributed by atoms with Crippen LogP contribution in [0.4, 0.5) is 0 Å². The number of carbonyl (C=O) groups excluding carboxylic acids is 1. The Morgan fingerprint density at radius 3 is 2.45 bits per heavy atom. The summed E-state index contributed by atoms with van der Waals surface area (Å²) in [5.41, 5.74) is 0. The van der Waals surface area contributed by atoms with E-state index in [9.17, 15) is 10.1 Å². The van der Waals surface area contributed by atoms with Gasteiger partial charge in [0.2, 0.25) is 0 Å². The SMILES string of the molecule is [CH2]CCCCCCCCC(C#N)CCCCC(=O)[C]1OC2CCC1CC2OCC. The molecule has 2 radical (unpaired) electrons. The van der Waals surface area contributed by atoms with Crippen molar-refractivity contribution in [2.75, 3.05) is 6.61 Å². The van der Waals surface area contributed by atoms with E-state index < -0.39 is 0 Å². The Morgan fingerprint density at radius 1 is 1.14 bits per heavy atom. The Bertz CT molecular complexity index is 501. The van der Waals surface area contributed by atoms with Crippen LogP contribution in [0.2, 0.25) is 0 Å². The van der Waals surface area contributed by atoms with Gasteiger partial charge in [-0.1, -0.05) is 58.3 Å². The van der Waals surface area contributed by atoms with Gasteiger partial charge in [-0.2, -0.15) is 5.26 Å². The third kappa shape index (κ3) is 8.38. The van der Waals surface area contributed by atoms with Crippen molar-refractivity contribution in [2.24, 2.45) is 11.8 Å². The van der Waals surface area contributed by atoms with Crippen molar-refractivity contribution in [3.05, 3.63) is 13.0 Å². The van der Waals surface area contributed by atoms with E-state index in [1.807, 2.05) is 6.92 Å². The highest BCUT2D eigenvalue weighted by Crippen LogP contribution is 2.43. The van der Waals surface area contributed by atoms with E-state index in [-0.39, 0.29) is 29.8 Å². The fourth-order valence-electron chi connectivity index (χ4n) is 4.76. The average Bonchev–Trinajstić information content (AvgIpc) is 2.75. The number of unbranched alkanes of at least 4 members (excludes halogenated alkanes) is 7. The van der Waals surface area contributed by atoms with Crippen LogP contribution >= 0.6 is 0 Å². The van der Waals surface area contributed by atoms with Gasteiger partial charge in [-0.05, 0) is 45.4 Å². The van der Waals surface area contributed by atoms with E-state index in [1.54, 1.807) is 0 Å². The van der Waals surface area contributed by atoms with E-state index in [2.05, 4.69) is 13.0 Å². The van der Waals surface area contributed by atoms with Gasteiger partial charge in [0, 0.05) is 24.9 Å². The second kappa shape index (κ2) is 14.1. The molecule has 2 saturated heterocycles. The molecule has 4 heteroatoms. The molecule has 0 spiro atoms. The highest BCUT2D eigenvalue weighted by Gasteiger charge is 2.46. The van der Waals surface area contributed by atoms with Gasteiger partial charge in [-0.15, -0.1) is 0 Å². The first-order valence-corrected chi connectivity index (χ1v) is 12.1. The van der Waals surface area contributed by atoms with Crippen LogP contribution in [0.25, 0.3) is 0 Å². The number of carbonyl (C=O) groups is 1. The molecule has 2 heterocycles. The Morgan fingerprint density at radius 2 is 1.83 bits per heavy atom. The van der Waals surface area contributed by atoms with Gasteiger partial charge in [-0.3, -0.25) is 4.79 Å². The molecule has 0 aromatic rings. The van der Waals surface area contributed by atoms with E-state index in [0.717, 1.165) is 57.8 Å². The van der Waals surface area contributed by atoms with Crippen LogP contribution < -0.4 is 0 Å². The number of Topliss-reactive ketones (excluding diaryl/α,β-unsaturated/α-hetero) is 1.